The molecule has 0 aliphatic carbocycles. The quantitative estimate of drug-likeness (QED) is 0.743. The molecule has 0 bridgehead atoms. The molecule has 1 aromatic rings. The lowest BCUT2D eigenvalue weighted by molar-refractivity contribution is 0.320. The lowest BCUT2D eigenvalue weighted by atomic mass is 10.3. The first-order valence-corrected chi connectivity index (χ1v) is 5.65. The molecule has 0 atom stereocenters. The highest BCUT2D eigenvalue weighted by molar-refractivity contribution is 5.07. The molecule has 15 heavy (non-hydrogen) atoms. The minimum absolute atomic E-state index is 0.111. The highest BCUT2D eigenvalue weighted by Crippen LogP contribution is 2.06. The molecule has 0 N–H and O–H groups in total. The summed E-state index contributed by atoms with van der Waals surface area (Å²) in [6.07, 6.45) is 4.56. The minimum Gasteiger partial charge on any atom is -0.314 e. The molecular weight excluding hydrogens is 188 g/mol. The van der Waals surface area contributed by atoms with E-state index >= 15 is 0 Å². The molecule has 2 heterocycles. The summed E-state index contributed by atoms with van der Waals surface area (Å²) in [6, 6.07) is 3.52. The van der Waals surface area contributed by atoms with Crippen molar-refractivity contribution in [1.82, 2.24) is 9.47 Å². The van der Waals surface area contributed by atoms with Gasteiger partial charge < -0.3 is 9.47 Å². The smallest absolute Gasteiger partial charge is 0.250 e. The van der Waals surface area contributed by atoms with Gasteiger partial charge in [-0.15, -0.1) is 0 Å². The average molecular weight is 206 g/mol. The molecule has 1 aromatic heterocycles. The number of likely N-dealkylation sites (tertiary alicyclic amines) is 1. The average Bonchev–Trinajstić information content (AvgIpc) is 2.72. The van der Waals surface area contributed by atoms with Crippen molar-refractivity contribution < 1.29 is 0 Å². The molecule has 1 aliphatic rings. The van der Waals surface area contributed by atoms with E-state index in [-0.39, 0.29) is 5.56 Å². The Labute approximate surface area is 90.3 Å². The molecule has 0 spiro atoms. The van der Waals surface area contributed by atoms with Crippen molar-refractivity contribution in [2.24, 2.45) is 0 Å². The Bertz CT molecular complexity index is 377. The van der Waals surface area contributed by atoms with Gasteiger partial charge in [0.05, 0.1) is 0 Å². The van der Waals surface area contributed by atoms with Gasteiger partial charge >= 0.3 is 0 Å². The number of hydrogen-bond donors (Lipinski definition) is 0. The number of pyridine rings is 1. The largest absolute Gasteiger partial charge is 0.314 e. The van der Waals surface area contributed by atoms with E-state index in [4.69, 9.17) is 0 Å². The Morgan fingerprint density at radius 2 is 1.93 bits per heavy atom. The van der Waals surface area contributed by atoms with Crippen LogP contribution in [0.4, 0.5) is 0 Å². The van der Waals surface area contributed by atoms with E-state index < -0.39 is 0 Å². The van der Waals surface area contributed by atoms with Gasteiger partial charge in [0.2, 0.25) is 0 Å². The summed E-state index contributed by atoms with van der Waals surface area (Å²) in [5.74, 6) is 0. The Morgan fingerprint density at radius 1 is 1.20 bits per heavy atom. The first-order valence-electron chi connectivity index (χ1n) is 5.65. The first-order chi connectivity index (χ1) is 7.25. The van der Waals surface area contributed by atoms with Gasteiger partial charge in [-0.05, 0) is 38.4 Å². The van der Waals surface area contributed by atoms with E-state index in [0.717, 1.165) is 18.7 Å². The molecule has 0 saturated carbocycles. The van der Waals surface area contributed by atoms with Crippen molar-refractivity contribution in [3.05, 3.63) is 34.2 Å². The molecule has 82 valence electrons. The maximum absolute atomic E-state index is 11.5. The summed E-state index contributed by atoms with van der Waals surface area (Å²) in [6.45, 7) is 6.23. The van der Waals surface area contributed by atoms with E-state index in [0.29, 0.717) is 0 Å². The van der Waals surface area contributed by atoms with Crippen LogP contribution in [0.15, 0.2) is 23.1 Å². The van der Waals surface area contributed by atoms with Crippen molar-refractivity contribution in [2.75, 3.05) is 19.6 Å². The Balaban J connectivity index is 1.97. The van der Waals surface area contributed by atoms with Crippen LogP contribution in [0.2, 0.25) is 0 Å². The summed E-state index contributed by atoms with van der Waals surface area (Å²) in [5, 5.41) is 0. The topological polar surface area (TPSA) is 25.2 Å². The van der Waals surface area contributed by atoms with Crippen molar-refractivity contribution in [3.63, 3.8) is 0 Å². The van der Waals surface area contributed by atoms with Crippen molar-refractivity contribution in [2.45, 2.75) is 26.3 Å². The van der Waals surface area contributed by atoms with Crippen LogP contribution in [0.25, 0.3) is 0 Å². The molecule has 0 unspecified atom stereocenters. The highest BCUT2D eigenvalue weighted by atomic mass is 16.1. The number of nitrogens with zero attached hydrogens (tertiary/aromatic N) is 2. The molecule has 0 amide bonds. The monoisotopic (exact) mass is 206 g/mol. The van der Waals surface area contributed by atoms with Gasteiger partial charge in [-0.1, -0.05) is 6.07 Å². The molecular formula is C12H18N2O. The fraction of sp³-hybridized carbons (Fsp3) is 0.583. The predicted octanol–water partition coefficient (Wildman–Crippen LogP) is 1.25. The number of hydrogen-bond acceptors (Lipinski definition) is 2. The van der Waals surface area contributed by atoms with Crippen LogP contribution < -0.4 is 5.56 Å². The van der Waals surface area contributed by atoms with Gasteiger partial charge in [-0.25, -0.2) is 0 Å². The van der Waals surface area contributed by atoms with Gasteiger partial charge in [0.15, 0.2) is 0 Å². The minimum atomic E-state index is 0.111. The molecule has 1 fully saturated rings. The van der Waals surface area contributed by atoms with Crippen molar-refractivity contribution in [1.29, 1.82) is 0 Å². The number of aromatic nitrogens is 1. The summed E-state index contributed by atoms with van der Waals surface area (Å²) in [4.78, 5) is 13.9. The van der Waals surface area contributed by atoms with Crippen LogP contribution in [0.5, 0.6) is 0 Å². The Morgan fingerprint density at radius 3 is 2.67 bits per heavy atom. The van der Waals surface area contributed by atoms with E-state index in [1.165, 1.54) is 25.9 Å². The zero-order valence-electron chi connectivity index (χ0n) is 9.28. The van der Waals surface area contributed by atoms with E-state index in [9.17, 15) is 4.79 Å². The van der Waals surface area contributed by atoms with Gasteiger partial charge in [-0.2, -0.15) is 0 Å². The third-order valence-electron chi connectivity index (χ3n) is 2.99. The standard InChI is InChI=1S/C12H18N2O/c1-11-4-5-12(15)14(10-11)9-8-13-6-2-3-7-13/h4-5,10H,2-3,6-9H2,1H3. The second kappa shape index (κ2) is 4.62. The Hall–Kier alpha value is -1.09. The Kier molecular flexibility index (Phi) is 3.21. The maximum atomic E-state index is 11.5. The van der Waals surface area contributed by atoms with Crippen LogP contribution in [0.1, 0.15) is 18.4 Å². The van der Waals surface area contributed by atoms with Gasteiger partial charge in [-0.3, -0.25) is 4.79 Å². The molecule has 0 aromatic carbocycles. The van der Waals surface area contributed by atoms with E-state index in [1.54, 1.807) is 6.07 Å². The highest BCUT2D eigenvalue weighted by Gasteiger charge is 2.10. The van der Waals surface area contributed by atoms with Crippen LogP contribution in [-0.4, -0.2) is 29.1 Å². The van der Waals surface area contributed by atoms with Gasteiger partial charge in [0.25, 0.3) is 5.56 Å². The molecule has 1 aliphatic heterocycles. The van der Waals surface area contributed by atoms with Crippen LogP contribution in [-0.2, 0) is 6.54 Å². The zero-order chi connectivity index (χ0) is 10.7. The van der Waals surface area contributed by atoms with E-state index in [2.05, 4.69) is 4.90 Å². The molecule has 1 saturated heterocycles. The lowest BCUT2D eigenvalue weighted by Gasteiger charge is -2.15. The number of aryl methyl sites for hydroxylation is 1. The van der Waals surface area contributed by atoms with Gasteiger partial charge in [0.1, 0.15) is 0 Å². The number of rotatable bonds is 3. The second-order valence-corrected chi connectivity index (χ2v) is 4.29. The third-order valence-corrected chi connectivity index (χ3v) is 2.99. The zero-order valence-corrected chi connectivity index (χ0v) is 9.28. The maximum Gasteiger partial charge on any atom is 0.250 e. The summed E-state index contributed by atoms with van der Waals surface area (Å²) >= 11 is 0. The SMILES string of the molecule is Cc1ccc(=O)n(CCN2CCCC2)c1. The second-order valence-electron chi connectivity index (χ2n) is 4.29. The molecule has 0 radical (unpaired) electrons. The summed E-state index contributed by atoms with van der Waals surface area (Å²) < 4.78 is 1.81. The van der Waals surface area contributed by atoms with E-state index in [1.807, 2.05) is 23.8 Å². The fourth-order valence-electron chi connectivity index (χ4n) is 2.08. The first kappa shape index (κ1) is 10.4. The molecule has 3 heteroatoms. The summed E-state index contributed by atoms with van der Waals surface area (Å²) in [7, 11) is 0. The van der Waals surface area contributed by atoms with Crippen LogP contribution >= 0.6 is 0 Å². The molecule has 3 nitrogen and oxygen atoms in total. The van der Waals surface area contributed by atoms with Crippen LogP contribution in [0, 0.1) is 6.92 Å². The van der Waals surface area contributed by atoms with Crippen LogP contribution in [0.3, 0.4) is 0 Å². The predicted molar refractivity (Wildman–Crippen MR) is 61.1 cm³/mol. The molecule has 2 rings (SSSR count). The van der Waals surface area contributed by atoms with Crippen molar-refractivity contribution in [3.8, 4) is 0 Å². The third kappa shape index (κ3) is 2.69. The van der Waals surface area contributed by atoms with Crippen molar-refractivity contribution >= 4 is 0 Å². The fourth-order valence-corrected chi connectivity index (χ4v) is 2.08. The van der Waals surface area contributed by atoms with Gasteiger partial charge in [0, 0.05) is 25.4 Å². The normalized spacial score (nSPS) is 17.1. The summed E-state index contributed by atoms with van der Waals surface area (Å²) in [5.41, 5.74) is 1.26. The lowest BCUT2D eigenvalue weighted by Crippen LogP contribution is -2.28.